The van der Waals surface area contributed by atoms with Crippen molar-refractivity contribution in [3.05, 3.63) is 47.9 Å². The summed E-state index contributed by atoms with van der Waals surface area (Å²) in [5.74, 6) is 0.237. The first kappa shape index (κ1) is 18.2. The van der Waals surface area contributed by atoms with E-state index >= 15 is 0 Å². The van der Waals surface area contributed by atoms with Gasteiger partial charge in [-0.15, -0.1) is 0 Å². The fraction of sp³-hybridized carbons (Fsp3) is 0.353. The highest BCUT2D eigenvalue weighted by molar-refractivity contribution is 7.89. The number of nitrogens with one attached hydrogen (secondary N) is 1. The van der Waals surface area contributed by atoms with E-state index in [1.54, 1.807) is 32.2 Å². The molecule has 0 saturated carbocycles. The summed E-state index contributed by atoms with van der Waals surface area (Å²) in [4.78, 5) is 12.3. The van der Waals surface area contributed by atoms with E-state index < -0.39 is 10.0 Å². The van der Waals surface area contributed by atoms with Gasteiger partial charge >= 0.3 is 0 Å². The molecular weight excluding hydrogens is 328 g/mol. The molecule has 1 N–H and O–H groups in total. The molecule has 24 heavy (non-hydrogen) atoms. The first-order chi connectivity index (χ1) is 11.4. The fourth-order valence-electron chi connectivity index (χ4n) is 2.21. The second kappa shape index (κ2) is 7.63. The van der Waals surface area contributed by atoms with Crippen molar-refractivity contribution in [1.29, 1.82) is 0 Å². The van der Waals surface area contributed by atoms with Crippen LogP contribution >= 0.6 is 0 Å². The van der Waals surface area contributed by atoms with Crippen molar-refractivity contribution in [2.45, 2.75) is 31.6 Å². The van der Waals surface area contributed by atoms with Gasteiger partial charge in [0.15, 0.2) is 0 Å². The molecule has 0 saturated heterocycles. The lowest BCUT2D eigenvalue weighted by Gasteiger charge is -2.17. The fourth-order valence-corrected chi connectivity index (χ4v) is 3.42. The molecule has 2 rings (SSSR count). The van der Waals surface area contributed by atoms with E-state index in [-0.39, 0.29) is 10.8 Å². The van der Waals surface area contributed by atoms with Gasteiger partial charge in [-0.3, -0.25) is 4.79 Å². The van der Waals surface area contributed by atoms with Crippen LogP contribution in [0.1, 0.15) is 35.9 Å². The van der Waals surface area contributed by atoms with Crippen LogP contribution in [0.15, 0.2) is 45.9 Å². The molecule has 130 valence electrons. The summed E-state index contributed by atoms with van der Waals surface area (Å²) in [6.07, 6.45) is 3.19. The average Bonchev–Trinajstić information content (AvgIpc) is 2.99. The van der Waals surface area contributed by atoms with Gasteiger partial charge in [-0.2, -0.15) is 0 Å². The molecule has 1 aromatic carbocycles. The average molecular weight is 350 g/mol. The second-order valence-electron chi connectivity index (χ2n) is 5.55. The quantitative estimate of drug-likeness (QED) is 0.831. The van der Waals surface area contributed by atoms with E-state index in [4.69, 9.17) is 4.42 Å². The van der Waals surface area contributed by atoms with Crippen LogP contribution in [-0.4, -0.2) is 32.2 Å². The Balaban J connectivity index is 2.10. The molecule has 0 fully saturated rings. The zero-order valence-corrected chi connectivity index (χ0v) is 14.9. The molecule has 0 bridgehead atoms. The zero-order chi connectivity index (χ0) is 17.7. The molecule has 2 aromatic rings. The molecule has 1 heterocycles. The number of rotatable bonds is 7. The number of carbonyl (C=O) groups excluding carboxylic acids is 1. The number of anilines is 1. The van der Waals surface area contributed by atoms with Gasteiger partial charge in [-0.1, -0.05) is 13.3 Å². The summed E-state index contributed by atoms with van der Waals surface area (Å²) < 4.78 is 31.3. The first-order valence-electron chi connectivity index (χ1n) is 7.78. The number of amides is 1. The van der Waals surface area contributed by atoms with E-state index in [1.807, 2.05) is 6.92 Å². The maximum Gasteiger partial charge on any atom is 0.259 e. The molecule has 0 radical (unpaired) electrons. The van der Waals surface area contributed by atoms with Crippen LogP contribution in [0.5, 0.6) is 0 Å². The Hall–Kier alpha value is -2.12. The van der Waals surface area contributed by atoms with Gasteiger partial charge in [0, 0.05) is 19.3 Å². The lowest BCUT2D eigenvalue weighted by molar-refractivity contribution is 0.102. The maximum absolute atomic E-state index is 12.4. The minimum absolute atomic E-state index is 0.207. The Morgan fingerprint density at radius 1 is 1.21 bits per heavy atom. The maximum atomic E-state index is 12.4. The summed E-state index contributed by atoms with van der Waals surface area (Å²) in [6.45, 7) is 4.20. The predicted molar refractivity (Wildman–Crippen MR) is 92.6 cm³/mol. The van der Waals surface area contributed by atoms with E-state index in [9.17, 15) is 13.2 Å². The summed E-state index contributed by atoms with van der Waals surface area (Å²) in [7, 11) is -1.93. The molecule has 0 aliphatic carbocycles. The van der Waals surface area contributed by atoms with Crippen molar-refractivity contribution in [3.63, 3.8) is 0 Å². The minimum atomic E-state index is -3.50. The lowest BCUT2D eigenvalue weighted by Crippen LogP contribution is -2.27. The number of hydrogen-bond donors (Lipinski definition) is 1. The van der Waals surface area contributed by atoms with Gasteiger partial charge in [0.25, 0.3) is 5.91 Å². The molecule has 0 aliphatic heterocycles. The topological polar surface area (TPSA) is 79.6 Å². The van der Waals surface area contributed by atoms with Crippen LogP contribution in [0.25, 0.3) is 0 Å². The van der Waals surface area contributed by atoms with Gasteiger partial charge in [0.05, 0.1) is 16.7 Å². The second-order valence-corrected chi connectivity index (χ2v) is 7.59. The zero-order valence-electron chi connectivity index (χ0n) is 14.1. The highest BCUT2D eigenvalue weighted by Crippen LogP contribution is 2.19. The van der Waals surface area contributed by atoms with Gasteiger partial charge in [-0.05, 0) is 43.7 Å². The smallest absolute Gasteiger partial charge is 0.259 e. The molecule has 0 spiro atoms. The summed E-state index contributed by atoms with van der Waals surface area (Å²) >= 11 is 0. The van der Waals surface area contributed by atoms with Crippen LogP contribution in [0.2, 0.25) is 0 Å². The largest absolute Gasteiger partial charge is 0.469 e. The Morgan fingerprint density at radius 2 is 1.88 bits per heavy atom. The Labute approximate surface area is 142 Å². The Kier molecular flexibility index (Phi) is 5.80. The van der Waals surface area contributed by atoms with E-state index in [1.165, 1.54) is 22.7 Å². The summed E-state index contributed by atoms with van der Waals surface area (Å²) in [5, 5.41) is 2.72. The van der Waals surface area contributed by atoms with Crippen LogP contribution < -0.4 is 5.32 Å². The van der Waals surface area contributed by atoms with Crippen LogP contribution in [-0.2, 0) is 10.0 Å². The van der Waals surface area contributed by atoms with E-state index in [0.29, 0.717) is 23.6 Å². The van der Waals surface area contributed by atoms with Gasteiger partial charge < -0.3 is 9.73 Å². The minimum Gasteiger partial charge on any atom is -0.469 e. The number of nitrogens with zero attached hydrogens (tertiary/aromatic N) is 1. The van der Waals surface area contributed by atoms with Crippen molar-refractivity contribution in [3.8, 4) is 0 Å². The number of sulfonamides is 1. The molecule has 1 amide bonds. The Bertz CT molecular complexity index is 794. The number of benzene rings is 1. The molecule has 0 atom stereocenters. The van der Waals surface area contributed by atoms with E-state index in [2.05, 4.69) is 5.32 Å². The SMILES string of the molecule is CCCCN(C)S(=O)(=O)c1ccc(NC(=O)c2ccoc2C)cc1. The van der Waals surface area contributed by atoms with Crippen LogP contribution in [0.4, 0.5) is 5.69 Å². The van der Waals surface area contributed by atoms with Crippen molar-refractivity contribution in [1.82, 2.24) is 4.31 Å². The highest BCUT2D eigenvalue weighted by Gasteiger charge is 2.20. The van der Waals surface area contributed by atoms with Gasteiger partial charge in [0.2, 0.25) is 10.0 Å². The lowest BCUT2D eigenvalue weighted by atomic mass is 10.2. The number of carbonyl (C=O) groups is 1. The number of aryl methyl sites for hydroxylation is 1. The monoisotopic (exact) mass is 350 g/mol. The third-order valence-corrected chi connectivity index (χ3v) is 5.62. The van der Waals surface area contributed by atoms with Gasteiger partial charge in [0.1, 0.15) is 5.76 Å². The molecule has 0 aliphatic rings. The number of unbranched alkanes of at least 4 members (excludes halogenated alkanes) is 1. The van der Waals surface area contributed by atoms with Crippen molar-refractivity contribution >= 4 is 21.6 Å². The molecular formula is C17H22N2O4S. The van der Waals surface area contributed by atoms with E-state index in [0.717, 1.165) is 12.8 Å². The third kappa shape index (κ3) is 4.04. The van der Waals surface area contributed by atoms with Crippen molar-refractivity contribution < 1.29 is 17.6 Å². The van der Waals surface area contributed by atoms with Crippen molar-refractivity contribution in [2.24, 2.45) is 0 Å². The third-order valence-electron chi connectivity index (χ3n) is 3.75. The highest BCUT2D eigenvalue weighted by atomic mass is 32.2. The molecule has 7 heteroatoms. The summed E-state index contributed by atoms with van der Waals surface area (Å²) in [5.41, 5.74) is 0.974. The number of hydrogen-bond acceptors (Lipinski definition) is 4. The molecule has 6 nitrogen and oxygen atoms in total. The molecule has 0 unspecified atom stereocenters. The van der Waals surface area contributed by atoms with Gasteiger partial charge in [-0.25, -0.2) is 12.7 Å². The van der Waals surface area contributed by atoms with Crippen LogP contribution in [0, 0.1) is 6.92 Å². The normalized spacial score (nSPS) is 11.7. The van der Waals surface area contributed by atoms with Crippen molar-refractivity contribution in [2.75, 3.05) is 18.9 Å². The predicted octanol–water partition coefficient (Wildman–Crippen LogP) is 3.26. The molecule has 1 aromatic heterocycles. The van der Waals surface area contributed by atoms with Crippen LogP contribution in [0.3, 0.4) is 0 Å². The number of furan rings is 1. The Morgan fingerprint density at radius 3 is 2.42 bits per heavy atom. The summed E-state index contributed by atoms with van der Waals surface area (Å²) in [6, 6.07) is 7.74. The first-order valence-corrected chi connectivity index (χ1v) is 9.22. The standard InChI is InChI=1S/C17H22N2O4S/c1-4-5-11-19(3)24(21,22)15-8-6-14(7-9-15)18-17(20)16-10-12-23-13(16)2/h6-10,12H,4-5,11H2,1-3H3,(H,18,20).